The molecule has 1 fully saturated rings. The fourth-order valence-electron chi connectivity index (χ4n) is 3.60. The quantitative estimate of drug-likeness (QED) is 0.527. The van der Waals surface area contributed by atoms with Crippen LogP contribution in [0.2, 0.25) is 5.02 Å². The maximum Gasteiger partial charge on any atom is 0.263 e. The van der Waals surface area contributed by atoms with Gasteiger partial charge < -0.3 is 14.5 Å². The van der Waals surface area contributed by atoms with Crippen molar-refractivity contribution in [1.29, 1.82) is 0 Å². The van der Waals surface area contributed by atoms with Crippen molar-refractivity contribution in [2.24, 2.45) is 0 Å². The normalized spacial score (nSPS) is 14.1. The highest BCUT2D eigenvalue weighted by Crippen LogP contribution is 2.23. The molecule has 1 N–H and O–H groups in total. The topological polar surface area (TPSA) is 105 Å². The molecule has 9 nitrogen and oxygen atoms in total. The summed E-state index contributed by atoms with van der Waals surface area (Å²) < 4.78 is 33.2. The second-order valence-electron chi connectivity index (χ2n) is 7.76. The fraction of sp³-hybridized carbons (Fsp3) is 0.261. The molecule has 2 heterocycles. The zero-order valence-electron chi connectivity index (χ0n) is 18.5. The van der Waals surface area contributed by atoms with E-state index in [0.29, 0.717) is 37.0 Å². The van der Waals surface area contributed by atoms with Crippen molar-refractivity contribution in [3.63, 3.8) is 0 Å². The maximum absolute atomic E-state index is 12.6. The number of aryl methyl sites for hydroxylation is 1. The number of rotatable bonds is 7. The van der Waals surface area contributed by atoms with Crippen LogP contribution in [0.4, 0.5) is 11.5 Å². The highest BCUT2D eigenvalue weighted by atomic mass is 35.5. The first-order valence-electron chi connectivity index (χ1n) is 10.6. The van der Waals surface area contributed by atoms with Crippen LogP contribution in [0.15, 0.2) is 66.0 Å². The van der Waals surface area contributed by atoms with Gasteiger partial charge in [0, 0.05) is 44.5 Å². The van der Waals surface area contributed by atoms with Crippen molar-refractivity contribution in [2.45, 2.75) is 11.8 Å². The average molecular weight is 504 g/mol. The largest absolute Gasteiger partial charge is 0.483 e. The molecule has 180 valence electrons. The van der Waals surface area contributed by atoms with E-state index >= 15 is 0 Å². The summed E-state index contributed by atoms with van der Waals surface area (Å²) in [4.78, 5) is 24.2. The number of aromatic nitrogens is 2. The highest BCUT2D eigenvalue weighted by Gasteiger charge is 2.22. The smallest absolute Gasteiger partial charge is 0.263 e. The van der Waals surface area contributed by atoms with Gasteiger partial charge in [-0.25, -0.2) is 18.4 Å². The van der Waals surface area contributed by atoms with Gasteiger partial charge in [0.1, 0.15) is 17.9 Å². The molecule has 0 atom stereocenters. The minimum absolute atomic E-state index is 0. The Hall–Kier alpha value is -3.37. The number of carbonyl (C=O) groups is 1. The van der Waals surface area contributed by atoms with Crippen molar-refractivity contribution in [3.05, 3.63) is 71.6 Å². The summed E-state index contributed by atoms with van der Waals surface area (Å²) in [5, 5.41) is 0.625. The van der Waals surface area contributed by atoms with Crippen molar-refractivity contribution >= 4 is 39.0 Å². The molecule has 1 aliphatic rings. The first kappa shape index (κ1) is 23.8. The van der Waals surface area contributed by atoms with Crippen LogP contribution in [-0.2, 0) is 14.8 Å². The molecule has 0 saturated carbocycles. The lowest BCUT2D eigenvalue weighted by Crippen LogP contribution is -2.50. The van der Waals surface area contributed by atoms with E-state index in [9.17, 15) is 13.2 Å². The molecule has 1 aliphatic heterocycles. The summed E-state index contributed by atoms with van der Waals surface area (Å²) >= 11 is 5.96. The number of sulfonamides is 1. The van der Waals surface area contributed by atoms with Crippen LogP contribution in [0.5, 0.6) is 5.75 Å². The molecule has 0 unspecified atom stereocenters. The summed E-state index contributed by atoms with van der Waals surface area (Å²) in [6.07, 6.45) is 2.74. The summed E-state index contributed by atoms with van der Waals surface area (Å²) in [7, 11) is -3.75. The Kier molecular flexibility index (Phi) is 7.18. The van der Waals surface area contributed by atoms with E-state index in [0.717, 1.165) is 11.3 Å². The number of ether oxygens (including phenoxy) is 1. The first-order valence-corrected chi connectivity index (χ1v) is 12.5. The van der Waals surface area contributed by atoms with Crippen LogP contribution >= 0.6 is 11.6 Å². The second kappa shape index (κ2) is 10.3. The molecule has 1 saturated heterocycles. The fourth-order valence-corrected chi connectivity index (χ4v) is 4.84. The molecular weight excluding hydrogens is 478 g/mol. The minimum Gasteiger partial charge on any atom is -0.483 e. The number of carbonyl (C=O) groups excluding carboxylic acids is 1. The lowest BCUT2D eigenvalue weighted by molar-refractivity contribution is -0.133. The number of halogens is 1. The Morgan fingerprint density at radius 3 is 2.50 bits per heavy atom. The zero-order chi connectivity index (χ0) is 24.1. The van der Waals surface area contributed by atoms with E-state index < -0.39 is 10.0 Å². The Balaban J connectivity index is 0.00000342. The highest BCUT2D eigenvalue weighted by molar-refractivity contribution is 7.92. The summed E-state index contributed by atoms with van der Waals surface area (Å²) in [5.74, 6) is 0.766. The Morgan fingerprint density at radius 1 is 1.12 bits per heavy atom. The molecule has 0 radical (unpaired) electrons. The van der Waals surface area contributed by atoms with Crippen molar-refractivity contribution in [1.82, 2.24) is 14.9 Å². The molecule has 3 aromatic rings. The van der Waals surface area contributed by atoms with E-state index in [-0.39, 0.29) is 24.7 Å². The summed E-state index contributed by atoms with van der Waals surface area (Å²) in [5.41, 5.74) is 1.77. The molecule has 0 spiro atoms. The maximum atomic E-state index is 12.6. The third kappa shape index (κ3) is 5.75. The van der Waals surface area contributed by atoms with Gasteiger partial charge in [-0.2, -0.15) is 0 Å². The molecule has 1 aromatic heterocycles. The number of hydrogen-bond donors (Lipinski definition) is 1. The lowest BCUT2D eigenvalue weighted by Gasteiger charge is -2.36. The number of piperazine rings is 1. The van der Waals surface area contributed by atoms with Gasteiger partial charge in [-0.3, -0.25) is 9.52 Å². The number of nitrogens with zero attached hydrogens (tertiary/aromatic N) is 4. The SMILES string of the molecule is Cc1cc(Cl)ccc1OCC(=O)N1CCN(c2ccc(S(=O)(=O)Nc3ccncn3)cc2)CC1.[HH]. The average Bonchev–Trinajstić information content (AvgIpc) is 2.84. The van der Waals surface area contributed by atoms with Crippen LogP contribution in [-0.4, -0.2) is 62.0 Å². The molecule has 0 bridgehead atoms. The van der Waals surface area contributed by atoms with E-state index in [1.165, 1.54) is 18.6 Å². The van der Waals surface area contributed by atoms with Gasteiger partial charge in [0.05, 0.1) is 4.90 Å². The van der Waals surface area contributed by atoms with Gasteiger partial charge in [0.25, 0.3) is 15.9 Å². The third-order valence-corrected chi connectivity index (χ3v) is 7.06. The predicted molar refractivity (Wildman–Crippen MR) is 132 cm³/mol. The van der Waals surface area contributed by atoms with Gasteiger partial charge in [-0.1, -0.05) is 11.6 Å². The van der Waals surface area contributed by atoms with Crippen LogP contribution < -0.4 is 14.4 Å². The van der Waals surface area contributed by atoms with E-state index in [1.54, 1.807) is 47.4 Å². The molecule has 2 aromatic carbocycles. The van der Waals surface area contributed by atoms with E-state index in [1.807, 2.05) is 6.92 Å². The summed E-state index contributed by atoms with van der Waals surface area (Å²) in [6.45, 7) is 4.23. The van der Waals surface area contributed by atoms with Crippen molar-refractivity contribution < 1.29 is 19.4 Å². The van der Waals surface area contributed by atoms with Gasteiger partial charge >= 0.3 is 0 Å². The standard InChI is InChI=1S/C23H24ClN5O4S.H2/c1-17-14-18(24)2-7-21(17)33-15-23(30)29-12-10-28(11-13-29)19-3-5-20(6-4-19)34(31,32)27-22-8-9-25-16-26-22;/h2-9,14,16H,10-13,15H2,1H3,(H,25,26,27);1H. The first-order chi connectivity index (χ1) is 16.3. The molecular formula is C23H26ClN5O4S. The van der Waals surface area contributed by atoms with Crippen LogP contribution in [0.3, 0.4) is 0 Å². The Morgan fingerprint density at radius 2 is 1.85 bits per heavy atom. The number of nitrogens with one attached hydrogen (secondary N) is 1. The van der Waals surface area contributed by atoms with Gasteiger partial charge in [-0.05, 0) is 61.0 Å². The van der Waals surface area contributed by atoms with Crippen LogP contribution in [0, 0.1) is 6.92 Å². The Labute approximate surface area is 204 Å². The number of benzene rings is 2. The number of hydrogen-bond acceptors (Lipinski definition) is 7. The van der Waals surface area contributed by atoms with E-state index in [4.69, 9.17) is 16.3 Å². The van der Waals surface area contributed by atoms with Crippen molar-refractivity contribution in [2.75, 3.05) is 42.4 Å². The zero-order valence-corrected chi connectivity index (χ0v) is 20.1. The molecule has 11 heteroatoms. The lowest BCUT2D eigenvalue weighted by atomic mass is 10.2. The molecule has 1 amide bonds. The van der Waals surface area contributed by atoms with Crippen molar-refractivity contribution in [3.8, 4) is 5.75 Å². The minimum atomic E-state index is -3.75. The third-order valence-electron chi connectivity index (χ3n) is 5.45. The van der Waals surface area contributed by atoms with Gasteiger partial charge in [0.15, 0.2) is 6.61 Å². The number of amides is 1. The monoisotopic (exact) mass is 503 g/mol. The Bertz CT molecular complexity index is 1250. The molecule has 34 heavy (non-hydrogen) atoms. The summed E-state index contributed by atoms with van der Waals surface area (Å²) in [6, 6.07) is 13.4. The predicted octanol–water partition coefficient (Wildman–Crippen LogP) is 3.21. The van der Waals surface area contributed by atoms with E-state index in [2.05, 4.69) is 19.6 Å². The van der Waals surface area contributed by atoms with Crippen LogP contribution in [0.1, 0.15) is 6.99 Å². The molecule has 0 aliphatic carbocycles. The second-order valence-corrected chi connectivity index (χ2v) is 9.88. The number of anilines is 2. The van der Waals surface area contributed by atoms with Crippen LogP contribution in [0.25, 0.3) is 0 Å². The van der Waals surface area contributed by atoms with Gasteiger partial charge in [-0.15, -0.1) is 0 Å². The molecule has 4 rings (SSSR count). The van der Waals surface area contributed by atoms with Gasteiger partial charge in [0.2, 0.25) is 0 Å².